The SMILES string of the molecule is CNC(=O)CC1CCN1.Cl. The van der Waals surface area contributed by atoms with E-state index in [1.54, 1.807) is 7.05 Å². The molecule has 3 nitrogen and oxygen atoms in total. The maximum Gasteiger partial charge on any atom is 0.221 e. The molecule has 1 fully saturated rings. The van der Waals surface area contributed by atoms with Gasteiger partial charge in [0.15, 0.2) is 0 Å². The topological polar surface area (TPSA) is 41.1 Å². The smallest absolute Gasteiger partial charge is 0.221 e. The summed E-state index contributed by atoms with van der Waals surface area (Å²) in [5, 5.41) is 5.74. The lowest BCUT2D eigenvalue weighted by Gasteiger charge is -2.26. The van der Waals surface area contributed by atoms with Crippen molar-refractivity contribution in [1.29, 1.82) is 0 Å². The number of amides is 1. The van der Waals surface area contributed by atoms with E-state index in [1.165, 1.54) is 0 Å². The summed E-state index contributed by atoms with van der Waals surface area (Å²) in [6.45, 7) is 1.07. The van der Waals surface area contributed by atoms with Gasteiger partial charge in [-0.25, -0.2) is 0 Å². The molecular weight excluding hydrogens is 152 g/mol. The molecule has 0 bridgehead atoms. The fraction of sp³-hybridized carbons (Fsp3) is 0.833. The van der Waals surface area contributed by atoms with Gasteiger partial charge < -0.3 is 10.6 Å². The summed E-state index contributed by atoms with van der Waals surface area (Å²) in [7, 11) is 1.67. The number of hydrogen-bond acceptors (Lipinski definition) is 2. The van der Waals surface area contributed by atoms with Crippen LogP contribution in [0.25, 0.3) is 0 Å². The van der Waals surface area contributed by atoms with Gasteiger partial charge in [0.2, 0.25) is 5.91 Å². The van der Waals surface area contributed by atoms with Crippen molar-refractivity contribution in [2.75, 3.05) is 13.6 Å². The normalized spacial score (nSPS) is 22.3. The maximum absolute atomic E-state index is 10.7. The molecule has 4 heteroatoms. The summed E-state index contributed by atoms with van der Waals surface area (Å²) >= 11 is 0. The zero-order valence-corrected chi connectivity index (χ0v) is 6.83. The third kappa shape index (κ3) is 2.54. The minimum atomic E-state index is 0. The van der Waals surface area contributed by atoms with Crippen molar-refractivity contribution in [3.8, 4) is 0 Å². The van der Waals surface area contributed by atoms with E-state index >= 15 is 0 Å². The lowest BCUT2D eigenvalue weighted by atomic mass is 10.0. The van der Waals surface area contributed by atoms with Crippen molar-refractivity contribution in [2.24, 2.45) is 0 Å². The number of nitrogens with one attached hydrogen (secondary N) is 2. The zero-order valence-electron chi connectivity index (χ0n) is 6.02. The molecular formula is C6H13ClN2O. The van der Waals surface area contributed by atoms with Crippen molar-refractivity contribution in [1.82, 2.24) is 10.6 Å². The van der Waals surface area contributed by atoms with Gasteiger partial charge in [0.25, 0.3) is 0 Å². The van der Waals surface area contributed by atoms with E-state index in [0.717, 1.165) is 13.0 Å². The molecule has 1 atom stereocenters. The average molecular weight is 165 g/mol. The summed E-state index contributed by atoms with van der Waals surface area (Å²) < 4.78 is 0. The minimum absolute atomic E-state index is 0. The van der Waals surface area contributed by atoms with Crippen LogP contribution in [-0.2, 0) is 4.79 Å². The van der Waals surface area contributed by atoms with E-state index in [0.29, 0.717) is 12.5 Å². The fourth-order valence-electron chi connectivity index (χ4n) is 0.849. The summed E-state index contributed by atoms with van der Waals surface area (Å²) in [5.41, 5.74) is 0. The predicted molar refractivity (Wildman–Crippen MR) is 42.3 cm³/mol. The maximum atomic E-state index is 10.7. The Balaban J connectivity index is 0.000000810. The number of carbonyl (C=O) groups is 1. The van der Waals surface area contributed by atoms with Gasteiger partial charge >= 0.3 is 0 Å². The molecule has 2 N–H and O–H groups in total. The van der Waals surface area contributed by atoms with E-state index in [1.807, 2.05) is 0 Å². The largest absolute Gasteiger partial charge is 0.359 e. The highest BCUT2D eigenvalue weighted by molar-refractivity contribution is 5.85. The Hall–Kier alpha value is -0.280. The Bertz CT molecular complexity index is 114. The summed E-state index contributed by atoms with van der Waals surface area (Å²) in [5.74, 6) is 0.132. The first-order valence-corrected chi connectivity index (χ1v) is 3.27. The monoisotopic (exact) mass is 164 g/mol. The van der Waals surface area contributed by atoms with E-state index < -0.39 is 0 Å². The first-order valence-electron chi connectivity index (χ1n) is 3.27. The molecule has 0 spiro atoms. The number of carbonyl (C=O) groups excluding carboxylic acids is 1. The molecule has 0 aliphatic carbocycles. The lowest BCUT2D eigenvalue weighted by Crippen LogP contribution is -2.45. The van der Waals surface area contributed by atoms with Crippen LogP contribution in [-0.4, -0.2) is 25.5 Å². The van der Waals surface area contributed by atoms with E-state index in [4.69, 9.17) is 0 Å². The molecule has 1 aliphatic heterocycles. The average Bonchev–Trinajstić information content (AvgIpc) is 1.78. The van der Waals surface area contributed by atoms with Gasteiger partial charge in [-0.15, -0.1) is 12.4 Å². The van der Waals surface area contributed by atoms with Crippen LogP contribution in [0.5, 0.6) is 0 Å². The van der Waals surface area contributed by atoms with Crippen LogP contribution < -0.4 is 10.6 Å². The van der Waals surface area contributed by atoms with Gasteiger partial charge in [0.05, 0.1) is 0 Å². The molecule has 0 aromatic heterocycles. The van der Waals surface area contributed by atoms with Gasteiger partial charge in [-0.1, -0.05) is 0 Å². The fourth-order valence-corrected chi connectivity index (χ4v) is 0.849. The highest BCUT2D eigenvalue weighted by Crippen LogP contribution is 2.05. The van der Waals surface area contributed by atoms with Crippen molar-refractivity contribution in [3.63, 3.8) is 0 Å². The lowest BCUT2D eigenvalue weighted by molar-refractivity contribution is -0.121. The van der Waals surface area contributed by atoms with Crippen molar-refractivity contribution in [3.05, 3.63) is 0 Å². The van der Waals surface area contributed by atoms with Crippen molar-refractivity contribution >= 4 is 18.3 Å². The molecule has 1 heterocycles. The molecule has 1 rings (SSSR count). The van der Waals surface area contributed by atoms with Crippen LogP contribution in [0, 0.1) is 0 Å². The molecule has 10 heavy (non-hydrogen) atoms. The van der Waals surface area contributed by atoms with Crippen molar-refractivity contribution < 1.29 is 4.79 Å². The van der Waals surface area contributed by atoms with E-state index in [9.17, 15) is 4.79 Å². The quantitative estimate of drug-likeness (QED) is 0.599. The van der Waals surface area contributed by atoms with Crippen LogP contribution in [0.2, 0.25) is 0 Å². The second-order valence-corrected chi connectivity index (χ2v) is 2.32. The number of halogens is 1. The van der Waals surface area contributed by atoms with Gasteiger partial charge in [-0.3, -0.25) is 4.79 Å². The van der Waals surface area contributed by atoms with Gasteiger partial charge in [0, 0.05) is 19.5 Å². The summed E-state index contributed by atoms with van der Waals surface area (Å²) in [6, 6.07) is 0.449. The third-order valence-electron chi connectivity index (χ3n) is 1.64. The predicted octanol–water partition coefficient (Wildman–Crippen LogP) is -0.0938. The third-order valence-corrected chi connectivity index (χ3v) is 1.64. The Labute approximate surface area is 67.0 Å². The second kappa shape index (κ2) is 4.52. The van der Waals surface area contributed by atoms with Crippen molar-refractivity contribution in [2.45, 2.75) is 18.9 Å². The Kier molecular flexibility index (Phi) is 4.40. The standard InChI is InChI=1S/C6H12N2O.ClH/c1-7-6(9)4-5-2-3-8-5;/h5,8H,2-4H2,1H3,(H,7,9);1H. The summed E-state index contributed by atoms with van der Waals surface area (Å²) in [6.07, 6.45) is 1.78. The molecule has 60 valence electrons. The Morgan fingerprint density at radius 2 is 2.40 bits per heavy atom. The molecule has 1 unspecified atom stereocenters. The first-order chi connectivity index (χ1) is 4.33. The first kappa shape index (κ1) is 9.72. The Morgan fingerprint density at radius 1 is 1.80 bits per heavy atom. The Morgan fingerprint density at radius 3 is 2.70 bits per heavy atom. The van der Waals surface area contributed by atoms with Gasteiger partial charge in [-0.2, -0.15) is 0 Å². The molecule has 0 aromatic rings. The highest BCUT2D eigenvalue weighted by atomic mass is 35.5. The van der Waals surface area contributed by atoms with Crippen LogP contribution in [0.4, 0.5) is 0 Å². The molecule has 1 saturated heterocycles. The molecule has 0 saturated carbocycles. The number of hydrogen-bond donors (Lipinski definition) is 2. The van der Waals surface area contributed by atoms with E-state index in [-0.39, 0.29) is 18.3 Å². The van der Waals surface area contributed by atoms with Gasteiger partial charge in [-0.05, 0) is 13.0 Å². The van der Waals surface area contributed by atoms with Crippen LogP contribution in [0.15, 0.2) is 0 Å². The van der Waals surface area contributed by atoms with Crippen LogP contribution in [0.1, 0.15) is 12.8 Å². The van der Waals surface area contributed by atoms with Gasteiger partial charge in [0.1, 0.15) is 0 Å². The zero-order chi connectivity index (χ0) is 6.69. The number of rotatable bonds is 2. The highest BCUT2D eigenvalue weighted by Gasteiger charge is 2.18. The van der Waals surface area contributed by atoms with Crippen LogP contribution in [0.3, 0.4) is 0 Å². The second-order valence-electron chi connectivity index (χ2n) is 2.32. The molecule has 0 radical (unpaired) electrons. The molecule has 1 amide bonds. The summed E-state index contributed by atoms with van der Waals surface area (Å²) in [4.78, 5) is 10.7. The van der Waals surface area contributed by atoms with E-state index in [2.05, 4.69) is 10.6 Å². The molecule has 1 aliphatic rings. The minimum Gasteiger partial charge on any atom is -0.359 e. The molecule has 0 aromatic carbocycles. The van der Waals surface area contributed by atoms with Crippen LogP contribution >= 0.6 is 12.4 Å².